The maximum absolute atomic E-state index is 11.9. The first-order valence-electron chi connectivity index (χ1n) is 3.75. The topological polar surface area (TPSA) is 39.2 Å². The van der Waals surface area contributed by atoms with Crippen LogP contribution in [-0.4, -0.2) is 6.18 Å². The summed E-state index contributed by atoms with van der Waals surface area (Å²) in [5.74, 6) is 0. The molecule has 1 aromatic heterocycles. The molecule has 0 bridgehead atoms. The third kappa shape index (κ3) is 2.77. The fraction of sp³-hybridized carbons (Fsp3) is 0.500. The number of hydrogen-bond donors (Lipinski definition) is 1. The second kappa shape index (κ2) is 3.41. The van der Waals surface area contributed by atoms with E-state index >= 15 is 0 Å². The normalized spacial score (nSPS) is 14.5. The Balaban J connectivity index is 2.69. The van der Waals surface area contributed by atoms with Gasteiger partial charge in [0, 0.05) is 11.6 Å². The zero-order valence-corrected chi connectivity index (χ0v) is 7.06. The minimum Gasteiger partial charge on any atom is -0.472 e. The third-order valence-corrected chi connectivity index (χ3v) is 1.75. The van der Waals surface area contributed by atoms with Crippen molar-refractivity contribution in [1.29, 1.82) is 0 Å². The maximum Gasteiger partial charge on any atom is 0.390 e. The fourth-order valence-corrected chi connectivity index (χ4v) is 1.11. The van der Waals surface area contributed by atoms with E-state index in [9.17, 15) is 13.2 Å². The fourth-order valence-electron chi connectivity index (χ4n) is 1.11. The largest absolute Gasteiger partial charge is 0.472 e. The van der Waals surface area contributed by atoms with E-state index in [1.54, 1.807) is 6.92 Å². The van der Waals surface area contributed by atoms with E-state index in [1.165, 1.54) is 12.5 Å². The SMILES string of the molecule is Cc1cocc1C(N)CC(F)(F)F. The van der Waals surface area contributed by atoms with Gasteiger partial charge in [-0.25, -0.2) is 0 Å². The van der Waals surface area contributed by atoms with Crippen molar-refractivity contribution in [3.8, 4) is 0 Å². The molecule has 0 saturated heterocycles. The minimum absolute atomic E-state index is 0.414. The number of alkyl halides is 3. The Morgan fingerprint density at radius 1 is 1.46 bits per heavy atom. The van der Waals surface area contributed by atoms with E-state index in [-0.39, 0.29) is 0 Å². The molecule has 0 aliphatic heterocycles. The molecule has 13 heavy (non-hydrogen) atoms. The Morgan fingerprint density at radius 2 is 2.08 bits per heavy atom. The molecule has 0 radical (unpaired) electrons. The van der Waals surface area contributed by atoms with Crippen LogP contribution in [0.25, 0.3) is 0 Å². The average Bonchev–Trinajstić information content (AvgIpc) is 2.30. The smallest absolute Gasteiger partial charge is 0.390 e. The summed E-state index contributed by atoms with van der Waals surface area (Å²) >= 11 is 0. The molecular weight excluding hydrogens is 183 g/mol. The maximum atomic E-state index is 11.9. The van der Waals surface area contributed by atoms with Gasteiger partial charge >= 0.3 is 6.18 Å². The van der Waals surface area contributed by atoms with Gasteiger partial charge in [0.05, 0.1) is 18.9 Å². The van der Waals surface area contributed by atoms with Gasteiger partial charge in [-0.3, -0.25) is 0 Å². The lowest BCUT2D eigenvalue weighted by atomic mass is 10.0. The molecule has 0 aliphatic carbocycles. The van der Waals surface area contributed by atoms with Gasteiger partial charge in [0.1, 0.15) is 0 Å². The van der Waals surface area contributed by atoms with E-state index in [4.69, 9.17) is 10.2 Å². The summed E-state index contributed by atoms with van der Waals surface area (Å²) in [6, 6.07) is -1.03. The number of furan rings is 1. The molecule has 0 amide bonds. The van der Waals surface area contributed by atoms with Gasteiger partial charge < -0.3 is 10.2 Å². The summed E-state index contributed by atoms with van der Waals surface area (Å²) in [6.45, 7) is 1.66. The quantitative estimate of drug-likeness (QED) is 0.783. The lowest BCUT2D eigenvalue weighted by molar-refractivity contribution is -0.138. The van der Waals surface area contributed by atoms with E-state index in [0.717, 1.165) is 0 Å². The molecule has 0 fully saturated rings. The highest BCUT2D eigenvalue weighted by molar-refractivity contribution is 5.22. The molecule has 0 spiro atoms. The third-order valence-electron chi connectivity index (χ3n) is 1.75. The molecule has 74 valence electrons. The highest BCUT2D eigenvalue weighted by Gasteiger charge is 2.31. The number of hydrogen-bond acceptors (Lipinski definition) is 2. The molecule has 2 N–H and O–H groups in total. The molecular formula is C8H10F3NO. The monoisotopic (exact) mass is 193 g/mol. The summed E-state index contributed by atoms with van der Waals surface area (Å²) in [6.07, 6.45) is -2.62. The Hall–Kier alpha value is -0.970. The van der Waals surface area contributed by atoms with Crippen LogP contribution in [0.4, 0.5) is 13.2 Å². The van der Waals surface area contributed by atoms with Crippen LogP contribution in [0.2, 0.25) is 0 Å². The Kier molecular flexibility index (Phi) is 2.66. The number of halogens is 3. The van der Waals surface area contributed by atoms with Crippen LogP contribution in [0.3, 0.4) is 0 Å². The predicted octanol–water partition coefficient (Wildman–Crippen LogP) is 2.54. The van der Waals surface area contributed by atoms with Gasteiger partial charge in [-0.1, -0.05) is 0 Å². The van der Waals surface area contributed by atoms with Crippen molar-refractivity contribution in [2.45, 2.75) is 25.6 Å². The second-order valence-electron chi connectivity index (χ2n) is 2.94. The molecule has 5 heteroatoms. The zero-order valence-electron chi connectivity index (χ0n) is 7.06. The van der Waals surface area contributed by atoms with E-state index in [2.05, 4.69) is 0 Å². The van der Waals surface area contributed by atoms with E-state index in [1.807, 2.05) is 0 Å². The molecule has 0 aromatic carbocycles. The summed E-state index contributed by atoms with van der Waals surface area (Å²) < 4.78 is 40.5. The molecule has 0 aliphatic rings. The van der Waals surface area contributed by atoms with E-state index < -0.39 is 18.6 Å². The first-order valence-corrected chi connectivity index (χ1v) is 3.75. The van der Waals surface area contributed by atoms with Crippen molar-refractivity contribution in [3.05, 3.63) is 23.7 Å². The summed E-state index contributed by atoms with van der Waals surface area (Å²) in [4.78, 5) is 0. The molecule has 2 nitrogen and oxygen atoms in total. The molecule has 1 heterocycles. The molecule has 1 unspecified atom stereocenters. The van der Waals surface area contributed by atoms with Crippen LogP contribution in [0.1, 0.15) is 23.6 Å². The van der Waals surface area contributed by atoms with Crippen molar-refractivity contribution < 1.29 is 17.6 Å². The van der Waals surface area contributed by atoms with Crippen molar-refractivity contribution in [2.24, 2.45) is 5.73 Å². The zero-order chi connectivity index (χ0) is 10.1. The van der Waals surface area contributed by atoms with Gasteiger partial charge in [-0.15, -0.1) is 0 Å². The highest BCUT2D eigenvalue weighted by Crippen LogP contribution is 2.29. The van der Waals surface area contributed by atoms with E-state index in [0.29, 0.717) is 11.1 Å². The number of rotatable bonds is 2. The first kappa shape index (κ1) is 10.1. The van der Waals surface area contributed by atoms with Crippen LogP contribution < -0.4 is 5.73 Å². The van der Waals surface area contributed by atoms with Gasteiger partial charge in [0.15, 0.2) is 0 Å². The van der Waals surface area contributed by atoms with Crippen molar-refractivity contribution in [2.75, 3.05) is 0 Å². The Bertz CT molecular complexity index is 279. The van der Waals surface area contributed by atoms with Crippen LogP contribution in [0, 0.1) is 6.92 Å². The van der Waals surface area contributed by atoms with Gasteiger partial charge in [-0.2, -0.15) is 13.2 Å². The van der Waals surface area contributed by atoms with Gasteiger partial charge in [-0.05, 0) is 12.5 Å². The predicted molar refractivity (Wildman–Crippen MR) is 41.0 cm³/mol. The van der Waals surface area contributed by atoms with Gasteiger partial charge in [0.25, 0.3) is 0 Å². The molecule has 1 rings (SSSR count). The first-order chi connectivity index (χ1) is 5.90. The molecule has 1 atom stereocenters. The highest BCUT2D eigenvalue weighted by atomic mass is 19.4. The van der Waals surface area contributed by atoms with Crippen LogP contribution in [0.15, 0.2) is 16.9 Å². The Morgan fingerprint density at radius 3 is 2.46 bits per heavy atom. The summed E-state index contributed by atoms with van der Waals surface area (Å²) in [5.41, 5.74) is 6.41. The molecule has 1 aromatic rings. The lowest BCUT2D eigenvalue weighted by Gasteiger charge is -2.12. The summed E-state index contributed by atoms with van der Waals surface area (Å²) in [7, 11) is 0. The van der Waals surface area contributed by atoms with Crippen molar-refractivity contribution in [1.82, 2.24) is 0 Å². The molecule has 0 saturated carbocycles. The van der Waals surface area contributed by atoms with Crippen molar-refractivity contribution >= 4 is 0 Å². The van der Waals surface area contributed by atoms with Crippen LogP contribution in [-0.2, 0) is 0 Å². The Labute approximate surface area is 73.5 Å². The average molecular weight is 193 g/mol. The van der Waals surface area contributed by atoms with Gasteiger partial charge in [0.2, 0.25) is 0 Å². The van der Waals surface area contributed by atoms with Crippen LogP contribution in [0.5, 0.6) is 0 Å². The number of aryl methyl sites for hydroxylation is 1. The summed E-state index contributed by atoms with van der Waals surface area (Å²) in [5, 5.41) is 0. The van der Waals surface area contributed by atoms with Crippen molar-refractivity contribution in [3.63, 3.8) is 0 Å². The standard InChI is InChI=1S/C8H10F3NO/c1-5-3-13-4-6(5)7(12)2-8(9,10)11/h3-4,7H,2,12H2,1H3. The minimum atomic E-state index is -4.23. The number of nitrogens with two attached hydrogens (primary N) is 1. The van der Waals surface area contributed by atoms with Crippen LogP contribution >= 0.6 is 0 Å². The second-order valence-corrected chi connectivity index (χ2v) is 2.94. The lowest BCUT2D eigenvalue weighted by Crippen LogP contribution is -2.20.